The molecular weight excluding hydrogens is 256 g/mol. The van der Waals surface area contributed by atoms with Crippen molar-refractivity contribution in [3.8, 4) is 0 Å². The number of morpholine rings is 1. The molecule has 0 aromatic carbocycles. The first-order chi connectivity index (χ1) is 9.83. The van der Waals surface area contributed by atoms with Crippen LogP contribution in [0.4, 0.5) is 0 Å². The SMILES string of the molecule is O=C(c1cc2occc2n1CC1CC1)N1CCOCC1. The normalized spacial score (nSPS) is 19.7. The minimum absolute atomic E-state index is 0.0975. The minimum Gasteiger partial charge on any atom is -0.463 e. The Morgan fingerprint density at radius 3 is 2.85 bits per heavy atom. The highest BCUT2D eigenvalue weighted by Gasteiger charge is 2.28. The molecule has 0 radical (unpaired) electrons. The van der Waals surface area contributed by atoms with Gasteiger partial charge in [0.15, 0.2) is 5.58 Å². The van der Waals surface area contributed by atoms with Gasteiger partial charge in [-0.1, -0.05) is 0 Å². The van der Waals surface area contributed by atoms with Gasteiger partial charge in [-0.2, -0.15) is 0 Å². The van der Waals surface area contributed by atoms with Gasteiger partial charge >= 0.3 is 0 Å². The zero-order chi connectivity index (χ0) is 13.5. The van der Waals surface area contributed by atoms with Crippen molar-refractivity contribution in [2.75, 3.05) is 26.3 Å². The lowest BCUT2D eigenvalue weighted by Gasteiger charge is -2.27. The quantitative estimate of drug-likeness (QED) is 0.861. The Morgan fingerprint density at radius 1 is 1.30 bits per heavy atom. The second kappa shape index (κ2) is 4.66. The van der Waals surface area contributed by atoms with Crippen LogP contribution in [0.15, 0.2) is 22.8 Å². The van der Waals surface area contributed by atoms with Gasteiger partial charge in [0.05, 0.1) is 25.0 Å². The molecule has 2 aliphatic rings. The van der Waals surface area contributed by atoms with E-state index in [9.17, 15) is 4.79 Å². The van der Waals surface area contributed by atoms with Crippen molar-refractivity contribution in [3.05, 3.63) is 24.1 Å². The molecule has 3 heterocycles. The van der Waals surface area contributed by atoms with E-state index < -0.39 is 0 Å². The molecule has 1 saturated heterocycles. The van der Waals surface area contributed by atoms with E-state index in [-0.39, 0.29) is 5.91 Å². The molecule has 1 saturated carbocycles. The molecule has 5 nitrogen and oxygen atoms in total. The molecule has 2 aromatic heterocycles. The monoisotopic (exact) mass is 274 g/mol. The number of amides is 1. The van der Waals surface area contributed by atoms with Gasteiger partial charge in [-0.3, -0.25) is 4.79 Å². The van der Waals surface area contributed by atoms with Crippen molar-refractivity contribution < 1.29 is 13.9 Å². The lowest BCUT2D eigenvalue weighted by atomic mass is 10.3. The van der Waals surface area contributed by atoms with Gasteiger partial charge in [-0.05, 0) is 18.8 Å². The van der Waals surface area contributed by atoms with E-state index in [0.29, 0.717) is 26.3 Å². The molecule has 2 aromatic rings. The molecule has 2 fully saturated rings. The first-order valence-electron chi connectivity index (χ1n) is 7.26. The maximum absolute atomic E-state index is 12.7. The van der Waals surface area contributed by atoms with Crippen LogP contribution < -0.4 is 0 Å². The van der Waals surface area contributed by atoms with E-state index in [1.165, 1.54) is 12.8 Å². The Bertz CT molecular complexity index is 633. The predicted octanol–water partition coefficient (Wildman–Crippen LogP) is 2.12. The van der Waals surface area contributed by atoms with Crippen molar-refractivity contribution in [1.82, 2.24) is 9.47 Å². The first kappa shape index (κ1) is 12.0. The number of nitrogens with zero attached hydrogens (tertiary/aromatic N) is 2. The average molecular weight is 274 g/mol. The van der Waals surface area contributed by atoms with E-state index in [1.807, 2.05) is 17.0 Å². The number of furan rings is 1. The van der Waals surface area contributed by atoms with Gasteiger partial charge in [-0.25, -0.2) is 0 Å². The molecule has 5 heteroatoms. The minimum atomic E-state index is 0.0975. The fraction of sp³-hybridized carbons (Fsp3) is 0.533. The van der Waals surface area contributed by atoms with Crippen molar-refractivity contribution in [2.24, 2.45) is 5.92 Å². The van der Waals surface area contributed by atoms with Crippen LogP contribution in [0.3, 0.4) is 0 Å². The molecule has 1 aliphatic heterocycles. The summed E-state index contributed by atoms with van der Waals surface area (Å²) in [6.45, 7) is 3.54. The molecular formula is C15H18N2O3. The zero-order valence-corrected chi connectivity index (χ0v) is 11.4. The second-order valence-electron chi connectivity index (χ2n) is 5.66. The fourth-order valence-electron chi connectivity index (χ4n) is 2.84. The van der Waals surface area contributed by atoms with Crippen LogP contribution in [-0.2, 0) is 11.3 Å². The van der Waals surface area contributed by atoms with Crippen molar-refractivity contribution in [3.63, 3.8) is 0 Å². The molecule has 20 heavy (non-hydrogen) atoms. The zero-order valence-electron chi connectivity index (χ0n) is 11.4. The smallest absolute Gasteiger partial charge is 0.270 e. The van der Waals surface area contributed by atoms with Crippen LogP contribution in [0, 0.1) is 5.92 Å². The molecule has 0 bridgehead atoms. The van der Waals surface area contributed by atoms with Gasteiger partial charge in [0, 0.05) is 31.8 Å². The molecule has 0 atom stereocenters. The molecule has 1 amide bonds. The van der Waals surface area contributed by atoms with Crippen LogP contribution in [0.2, 0.25) is 0 Å². The van der Waals surface area contributed by atoms with Crippen LogP contribution in [-0.4, -0.2) is 41.7 Å². The Balaban J connectivity index is 1.69. The van der Waals surface area contributed by atoms with Gasteiger partial charge in [0.25, 0.3) is 5.91 Å². The number of rotatable bonds is 3. The lowest BCUT2D eigenvalue weighted by Crippen LogP contribution is -2.41. The van der Waals surface area contributed by atoms with Gasteiger partial charge in [-0.15, -0.1) is 0 Å². The Kier molecular flexibility index (Phi) is 2.80. The third-order valence-electron chi connectivity index (χ3n) is 4.18. The van der Waals surface area contributed by atoms with E-state index in [0.717, 1.165) is 29.3 Å². The predicted molar refractivity (Wildman–Crippen MR) is 73.7 cm³/mol. The number of aromatic nitrogens is 1. The van der Waals surface area contributed by atoms with Gasteiger partial charge in [0.1, 0.15) is 5.69 Å². The highest BCUT2D eigenvalue weighted by atomic mass is 16.5. The lowest BCUT2D eigenvalue weighted by molar-refractivity contribution is 0.0296. The number of hydrogen-bond donors (Lipinski definition) is 0. The van der Waals surface area contributed by atoms with Crippen molar-refractivity contribution >= 4 is 17.0 Å². The number of carbonyl (C=O) groups is 1. The maximum atomic E-state index is 12.7. The third-order valence-corrected chi connectivity index (χ3v) is 4.18. The van der Waals surface area contributed by atoms with Crippen molar-refractivity contribution in [2.45, 2.75) is 19.4 Å². The maximum Gasteiger partial charge on any atom is 0.270 e. The van der Waals surface area contributed by atoms with Gasteiger partial charge < -0.3 is 18.6 Å². The molecule has 0 spiro atoms. The fourth-order valence-corrected chi connectivity index (χ4v) is 2.84. The summed E-state index contributed by atoms with van der Waals surface area (Å²) >= 11 is 0. The summed E-state index contributed by atoms with van der Waals surface area (Å²) in [5.74, 6) is 0.817. The second-order valence-corrected chi connectivity index (χ2v) is 5.66. The topological polar surface area (TPSA) is 47.6 Å². The summed E-state index contributed by atoms with van der Waals surface area (Å²) in [6, 6.07) is 3.84. The molecule has 1 aliphatic carbocycles. The number of hydrogen-bond acceptors (Lipinski definition) is 3. The Morgan fingerprint density at radius 2 is 2.10 bits per heavy atom. The van der Waals surface area contributed by atoms with E-state index in [1.54, 1.807) is 6.26 Å². The Hall–Kier alpha value is -1.75. The molecule has 0 N–H and O–H groups in total. The Labute approximate surface area is 117 Å². The summed E-state index contributed by atoms with van der Waals surface area (Å²) in [7, 11) is 0. The number of carbonyl (C=O) groups excluding carboxylic acids is 1. The van der Waals surface area contributed by atoms with Crippen LogP contribution in [0.5, 0.6) is 0 Å². The largest absolute Gasteiger partial charge is 0.463 e. The van der Waals surface area contributed by atoms with Gasteiger partial charge in [0.2, 0.25) is 0 Å². The van der Waals surface area contributed by atoms with Crippen LogP contribution in [0.1, 0.15) is 23.3 Å². The molecule has 4 rings (SSSR count). The molecule has 0 unspecified atom stereocenters. The summed E-state index contributed by atoms with van der Waals surface area (Å²) in [4.78, 5) is 14.6. The van der Waals surface area contributed by atoms with Crippen LogP contribution in [0.25, 0.3) is 11.1 Å². The highest BCUT2D eigenvalue weighted by molar-refractivity contribution is 5.97. The van der Waals surface area contributed by atoms with E-state index >= 15 is 0 Å². The summed E-state index contributed by atoms with van der Waals surface area (Å²) < 4.78 is 12.9. The number of fused-ring (bicyclic) bond motifs is 1. The molecule has 106 valence electrons. The summed E-state index contributed by atoms with van der Waals surface area (Å²) in [5, 5.41) is 0. The average Bonchev–Trinajstić information content (AvgIpc) is 3.07. The van der Waals surface area contributed by atoms with Crippen LogP contribution >= 0.6 is 0 Å². The summed E-state index contributed by atoms with van der Waals surface area (Å²) in [6.07, 6.45) is 4.22. The van der Waals surface area contributed by atoms with Crippen molar-refractivity contribution in [1.29, 1.82) is 0 Å². The highest BCUT2D eigenvalue weighted by Crippen LogP contribution is 2.33. The van der Waals surface area contributed by atoms with E-state index in [2.05, 4.69) is 4.57 Å². The summed E-state index contributed by atoms with van der Waals surface area (Å²) in [5.41, 5.74) is 2.60. The number of ether oxygens (including phenoxy) is 1. The van der Waals surface area contributed by atoms with E-state index in [4.69, 9.17) is 9.15 Å². The third kappa shape index (κ3) is 2.02. The first-order valence-corrected chi connectivity index (χ1v) is 7.26. The standard InChI is InChI=1S/C15H18N2O3/c18-15(16-4-7-19-8-5-16)13-9-14-12(3-6-20-14)17(13)10-11-1-2-11/h3,6,9,11H,1-2,4-5,7-8,10H2.